The van der Waals surface area contributed by atoms with Crippen LogP contribution in [0.1, 0.15) is 24.2 Å². The van der Waals surface area contributed by atoms with Crippen LogP contribution in [-0.4, -0.2) is 29.7 Å². The third-order valence-electron chi connectivity index (χ3n) is 4.25. The first-order chi connectivity index (χ1) is 10.2. The minimum Gasteiger partial charge on any atom is -0.461 e. The lowest BCUT2D eigenvalue weighted by Crippen LogP contribution is -2.36. The first-order valence-electron chi connectivity index (χ1n) is 7.73. The van der Waals surface area contributed by atoms with Crippen molar-refractivity contribution >= 4 is 0 Å². The normalized spacial score (nSPS) is 19.8. The Morgan fingerprint density at radius 2 is 2.00 bits per heavy atom. The van der Waals surface area contributed by atoms with Gasteiger partial charge in [-0.25, -0.2) is 0 Å². The predicted octanol–water partition coefficient (Wildman–Crippen LogP) is 3.46. The summed E-state index contributed by atoms with van der Waals surface area (Å²) in [7, 11) is 0. The van der Waals surface area contributed by atoms with Gasteiger partial charge in [-0.05, 0) is 49.9 Å². The molecular formula is C18H23NO2. The highest BCUT2D eigenvalue weighted by Crippen LogP contribution is 2.23. The van der Waals surface area contributed by atoms with Crippen molar-refractivity contribution in [2.75, 3.05) is 19.7 Å². The number of hydrogen-bond acceptors (Lipinski definition) is 3. The summed E-state index contributed by atoms with van der Waals surface area (Å²) < 4.78 is 5.65. The van der Waals surface area contributed by atoms with Crippen LogP contribution in [-0.2, 0) is 6.54 Å². The summed E-state index contributed by atoms with van der Waals surface area (Å²) >= 11 is 0. The van der Waals surface area contributed by atoms with Crippen LogP contribution in [0, 0.1) is 12.8 Å². The van der Waals surface area contributed by atoms with Crippen LogP contribution >= 0.6 is 0 Å². The predicted molar refractivity (Wildman–Crippen MR) is 84.0 cm³/mol. The average Bonchev–Trinajstić information content (AvgIpc) is 2.95. The standard InChI is InChI=1S/C18H23NO2/c1-14-4-9-18(21-14)17-7-5-15(6-8-17)11-19-10-2-3-16(12-19)13-20/h4-9,16,20H,2-3,10-13H2,1H3. The molecule has 2 heterocycles. The quantitative estimate of drug-likeness (QED) is 0.934. The van der Waals surface area contributed by atoms with E-state index in [1.807, 2.05) is 19.1 Å². The van der Waals surface area contributed by atoms with E-state index in [9.17, 15) is 5.11 Å². The Bertz CT molecular complexity index is 573. The lowest BCUT2D eigenvalue weighted by molar-refractivity contribution is 0.116. The van der Waals surface area contributed by atoms with E-state index in [4.69, 9.17) is 4.42 Å². The summed E-state index contributed by atoms with van der Waals surface area (Å²) in [5, 5.41) is 9.30. The molecule has 3 nitrogen and oxygen atoms in total. The van der Waals surface area contributed by atoms with Crippen molar-refractivity contribution in [3.8, 4) is 11.3 Å². The van der Waals surface area contributed by atoms with Crippen molar-refractivity contribution in [2.24, 2.45) is 5.92 Å². The van der Waals surface area contributed by atoms with E-state index in [1.54, 1.807) is 0 Å². The number of nitrogens with zero attached hydrogens (tertiary/aromatic N) is 1. The molecule has 0 aliphatic carbocycles. The van der Waals surface area contributed by atoms with Gasteiger partial charge in [-0.2, -0.15) is 0 Å². The molecule has 1 unspecified atom stereocenters. The van der Waals surface area contributed by atoms with Gasteiger partial charge >= 0.3 is 0 Å². The smallest absolute Gasteiger partial charge is 0.134 e. The van der Waals surface area contributed by atoms with Gasteiger partial charge in [-0.1, -0.05) is 24.3 Å². The van der Waals surface area contributed by atoms with E-state index in [0.717, 1.165) is 43.1 Å². The minimum atomic E-state index is 0.313. The van der Waals surface area contributed by atoms with Gasteiger partial charge in [0.15, 0.2) is 0 Å². The maximum absolute atomic E-state index is 9.30. The molecular weight excluding hydrogens is 262 g/mol. The third-order valence-corrected chi connectivity index (χ3v) is 4.25. The summed E-state index contributed by atoms with van der Waals surface area (Å²) in [6.45, 7) is 5.39. The maximum Gasteiger partial charge on any atom is 0.134 e. The summed E-state index contributed by atoms with van der Waals surface area (Å²) in [5.74, 6) is 2.32. The molecule has 1 atom stereocenters. The molecule has 0 radical (unpaired) electrons. The molecule has 0 bridgehead atoms. The number of aryl methyl sites for hydroxylation is 1. The minimum absolute atomic E-state index is 0.313. The van der Waals surface area contributed by atoms with Gasteiger partial charge in [0, 0.05) is 25.3 Å². The second kappa shape index (κ2) is 6.46. The van der Waals surface area contributed by atoms with E-state index in [0.29, 0.717) is 12.5 Å². The molecule has 1 aromatic carbocycles. The fraction of sp³-hybridized carbons (Fsp3) is 0.444. The molecule has 3 rings (SSSR count). The second-order valence-electron chi connectivity index (χ2n) is 6.03. The molecule has 0 amide bonds. The second-order valence-corrected chi connectivity index (χ2v) is 6.03. The van der Waals surface area contributed by atoms with Crippen molar-refractivity contribution in [3.05, 3.63) is 47.7 Å². The van der Waals surface area contributed by atoms with E-state index in [2.05, 4.69) is 29.2 Å². The fourth-order valence-corrected chi connectivity index (χ4v) is 3.07. The number of furan rings is 1. The number of benzene rings is 1. The Morgan fingerprint density at radius 3 is 2.67 bits per heavy atom. The summed E-state index contributed by atoms with van der Waals surface area (Å²) in [6.07, 6.45) is 2.35. The molecule has 1 aliphatic rings. The highest BCUT2D eigenvalue weighted by Gasteiger charge is 2.19. The Morgan fingerprint density at radius 1 is 1.19 bits per heavy atom. The van der Waals surface area contributed by atoms with Crippen LogP contribution in [0.5, 0.6) is 0 Å². The Hall–Kier alpha value is -1.58. The largest absolute Gasteiger partial charge is 0.461 e. The molecule has 1 aliphatic heterocycles. The van der Waals surface area contributed by atoms with Crippen LogP contribution in [0.4, 0.5) is 0 Å². The van der Waals surface area contributed by atoms with Crippen LogP contribution in [0.2, 0.25) is 0 Å². The van der Waals surface area contributed by atoms with Gasteiger partial charge in [0.1, 0.15) is 11.5 Å². The Kier molecular flexibility index (Phi) is 4.42. The molecule has 0 spiro atoms. The summed E-state index contributed by atoms with van der Waals surface area (Å²) in [5.41, 5.74) is 2.44. The molecule has 1 aromatic heterocycles. The van der Waals surface area contributed by atoms with Crippen LogP contribution < -0.4 is 0 Å². The van der Waals surface area contributed by atoms with Crippen LogP contribution in [0.3, 0.4) is 0 Å². The number of likely N-dealkylation sites (tertiary alicyclic amines) is 1. The fourth-order valence-electron chi connectivity index (χ4n) is 3.07. The van der Waals surface area contributed by atoms with Gasteiger partial charge in [0.05, 0.1) is 0 Å². The maximum atomic E-state index is 9.30. The number of aliphatic hydroxyl groups is 1. The van der Waals surface area contributed by atoms with Gasteiger partial charge in [0.2, 0.25) is 0 Å². The number of hydrogen-bond donors (Lipinski definition) is 1. The number of aliphatic hydroxyl groups excluding tert-OH is 1. The molecule has 3 heteroatoms. The van der Waals surface area contributed by atoms with Gasteiger partial charge < -0.3 is 9.52 Å². The van der Waals surface area contributed by atoms with E-state index in [1.165, 1.54) is 12.0 Å². The topological polar surface area (TPSA) is 36.6 Å². The molecule has 0 saturated carbocycles. The van der Waals surface area contributed by atoms with E-state index < -0.39 is 0 Å². The first-order valence-corrected chi connectivity index (χ1v) is 7.73. The van der Waals surface area contributed by atoms with Gasteiger partial charge in [-0.3, -0.25) is 4.90 Å². The zero-order valence-corrected chi connectivity index (χ0v) is 12.6. The van der Waals surface area contributed by atoms with Crippen molar-refractivity contribution < 1.29 is 9.52 Å². The highest BCUT2D eigenvalue weighted by molar-refractivity contribution is 5.57. The molecule has 1 N–H and O–H groups in total. The molecule has 112 valence electrons. The van der Waals surface area contributed by atoms with E-state index in [-0.39, 0.29) is 0 Å². The van der Waals surface area contributed by atoms with Crippen molar-refractivity contribution in [3.63, 3.8) is 0 Å². The summed E-state index contributed by atoms with van der Waals surface area (Å²) in [6, 6.07) is 12.6. The first kappa shape index (κ1) is 14.4. The lowest BCUT2D eigenvalue weighted by Gasteiger charge is -2.31. The monoisotopic (exact) mass is 285 g/mol. The highest BCUT2D eigenvalue weighted by atomic mass is 16.3. The summed E-state index contributed by atoms with van der Waals surface area (Å²) in [4.78, 5) is 2.44. The van der Waals surface area contributed by atoms with Gasteiger partial charge in [0.25, 0.3) is 0 Å². The van der Waals surface area contributed by atoms with E-state index >= 15 is 0 Å². The zero-order valence-electron chi connectivity index (χ0n) is 12.6. The van der Waals surface area contributed by atoms with Crippen molar-refractivity contribution in [2.45, 2.75) is 26.3 Å². The SMILES string of the molecule is Cc1ccc(-c2ccc(CN3CCCC(CO)C3)cc2)o1. The molecule has 2 aromatic rings. The van der Waals surface area contributed by atoms with Crippen molar-refractivity contribution in [1.82, 2.24) is 4.90 Å². The third kappa shape index (κ3) is 3.55. The van der Waals surface area contributed by atoms with Gasteiger partial charge in [-0.15, -0.1) is 0 Å². The number of rotatable bonds is 4. The Balaban J connectivity index is 1.64. The molecule has 21 heavy (non-hydrogen) atoms. The Labute approximate surface area is 126 Å². The molecule has 1 fully saturated rings. The number of piperidine rings is 1. The van der Waals surface area contributed by atoms with Crippen LogP contribution in [0.25, 0.3) is 11.3 Å². The van der Waals surface area contributed by atoms with Crippen LogP contribution in [0.15, 0.2) is 40.8 Å². The average molecular weight is 285 g/mol. The lowest BCUT2D eigenvalue weighted by atomic mass is 9.98. The zero-order chi connectivity index (χ0) is 14.7. The van der Waals surface area contributed by atoms with Crippen molar-refractivity contribution in [1.29, 1.82) is 0 Å². The molecule has 1 saturated heterocycles.